The number of hydrogen-bond acceptors (Lipinski definition) is 5. The number of benzene rings is 3. The Kier molecular flexibility index (Phi) is 6.57. The molecule has 2 aliphatic rings. The van der Waals surface area contributed by atoms with Gasteiger partial charge in [-0.3, -0.25) is 4.90 Å². The topological polar surface area (TPSA) is 46.9 Å². The summed E-state index contributed by atoms with van der Waals surface area (Å²) < 4.78 is 0. The zero-order valence-corrected chi connectivity index (χ0v) is 20.7. The van der Waals surface area contributed by atoms with Crippen LogP contribution in [0.2, 0.25) is 0 Å². The Bertz CT molecular complexity index is 1180. The number of piperazine rings is 1. The summed E-state index contributed by atoms with van der Waals surface area (Å²) in [6, 6.07) is 22.8. The van der Waals surface area contributed by atoms with Crippen LogP contribution in [0, 0.1) is 0 Å². The molecule has 2 aliphatic heterocycles. The third-order valence-corrected chi connectivity index (χ3v) is 7.98. The lowest BCUT2D eigenvalue weighted by atomic mass is 9.88. The van der Waals surface area contributed by atoms with Crippen LogP contribution in [-0.2, 0) is 0 Å². The third kappa shape index (κ3) is 4.68. The maximum Gasteiger partial charge on any atom is 0.116 e. The van der Waals surface area contributed by atoms with E-state index in [0.29, 0.717) is 11.8 Å². The van der Waals surface area contributed by atoms with Gasteiger partial charge in [-0.15, -0.1) is 11.8 Å². The lowest BCUT2D eigenvalue weighted by Crippen LogP contribution is -2.48. The smallest absolute Gasteiger partial charge is 0.116 e. The molecule has 0 radical (unpaired) electrons. The number of aromatic hydroxyl groups is 2. The molecule has 0 aliphatic carbocycles. The molecule has 0 spiro atoms. The van der Waals surface area contributed by atoms with E-state index in [-0.39, 0.29) is 5.75 Å². The van der Waals surface area contributed by atoms with Crippen molar-refractivity contribution >= 4 is 28.6 Å². The van der Waals surface area contributed by atoms with Crippen molar-refractivity contribution in [2.45, 2.75) is 31.2 Å². The number of nitrogens with zero attached hydrogens (tertiary/aromatic N) is 2. The average molecular weight is 473 g/mol. The predicted molar refractivity (Wildman–Crippen MR) is 143 cm³/mol. The molecule has 0 saturated carbocycles. The van der Waals surface area contributed by atoms with Crippen molar-refractivity contribution in [1.29, 1.82) is 0 Å². The van der Waals surface area contributed by atoms with E-state index in [2.05, 4.69) is 47.9 Å². The molecule has 0 atom stereocenters. The first-order valence-electron chi connectivity index (χ1n) is 12.1. The number of thioether (sulfide) groups is 1. The van der Waals surface area contributed by atoms with Gasteiger partial charge in [0.25, 0.3) is 0 Å². The molecule has 34 heavy (non-hydrogen) atoms. The number of anilines is 1. The molecule has 176 valence electrons. The molecule has 1 fully saturated rings. The van der Waals surface area contributed by atoms with Gasteiger partial charge in [0.1, 0.15) is 11.5 Å². The van der Waals surface area contributed by atoms with E-state index in [1.165, 1.54) is 22.4 Å². The number of phenols is 2. The van der Waals surface area contributed by atoms with Crippen LogP contribution in [0.4, 0.5) is 5.69 Å². The molecule has 0 unspecified atom stereocenters. The number of hydrogen-bond donors (Lipinski definition) is 2. The van der Waals surface area contributed by atoms with Crippen molar-refractivity contribution in [1.82, 2.24) is 4.90 Å². The summed E-state index contributed by atoms with van der Waals surface area (Å²) in [6.45, 7) is 8.85. The monoisotopic (exact) mass is 472 g/mol. The highest BCUT2D eigenvalue weighted by Gasteiger charge is 2.22. The Morgan fingerprint density at radius 1 is 0.765 bits per heavy atom. The van der Waals surface area contributed by atoms with E-state index in [1.807, 2.05) is 24.3 Å². The Morgan fingerprint density at radius 3 is 2.09 bits per heavy atom. The molecule has 0 aromatic heterocycles. The Balaban J connectivity index is 1.54. The van der Waals surface area contributed by atoms with Gasteiger partial charge in [-0.2, -0.15) is 0 Å². The quantitative estimate of drug-likeness (QED) is 0.482. The molecular formula is C29H32N2O2S. The molecule has 1 saturated heterocycles. The number of rotatable bonds is 4. The van der Waals surface area contributed by atoms with E-state index in [4.69, 9.17) is 0 Å². The standard InChI is InChI=1S/C29H32N2O2S/c1-20(2)30-14-16-31(17-15-30)23-7-3-22(4-8-23)29-26(21-5-9-24(32)10-6-21)13-18-34-28-19-25(33)11-12-27(28)29/h3-12,19-20,32-33H,13-18H2,1-2H3. The first kappa shape index (κ1) is 22.9. The lowest BCUT2D eigenvalue weighted by Gasteiger charge is -2.38. The third-order valence-electron chi connectivity index (χ3n) is 6.93. The van der Waals surface area contributed by atoms with Crippen molar-refractivity contribution in [3.05, 3.63) is 83.4 Å². The molecule has 3 aromatic carbocycles. The summed E-state index contributed by atoms with van der Waals surface area (Å²) in [5, 5.41) is 19.9. The van der Waals surface area contributed by atoms with Crippen molar-refractivity contribution in [2.24, 2.45) is 0 Å². The van der Waals surface area contributed by atoms with Crippen LogP contribution in [0.5, 0.6) is 11.5 Å². The fourth-order valence-corrected chi connectivity index (χ4v) is 6.06. The second-order valence-corrected chi connectivity index (χ2v) is 10.5. The summed E-state index contributed by atoms with van der Waals surface area (Å²) >= 11 is 1.79. The summed E-state index contributed by atoms with van der Waals surface area (Å²) in [4.78, 5) is 6.12. The van der Waals surface area contributed by atoms with Crippen molar-refractivity contribution in [2.75, 3.05) is 36.8 Å². The van der Waals surface area contributed by atoms with Gasteiger partial charge in [0.2, 0.25) is 0 Å². The van der Waals surface area contributed by atoms with Crippen molar-refractivity contribution in [3.8, 4) is 11.5 Å². The van der Waals surface area contributed by atoms with Crippen LogP contribution in [0.15, 0.2) is 71.6 Å². The summed E-state index contributed by atoms with van der Waals surface area (Å²) in [6.07, 6.45) is 0.916. The van der Waals surface area contributed by atoms with Gasteiger partial charge in [-0.25, -0.2) is 0 Å². The summed E-state index contributed by atoms with van der Waals surface area (Å²) in [5.74, 6) is 1.52. The molecule has 3 aromatic rings. The molecule has 2 N–H and O–H groups in total. The summed E-state index contributed by atoms with van der Waals surface area (Å²) in [7, 11) is 0. The zero-order chi connectivity index (χ0) is 23.7. The summed E-state index contributed by atoms with van der Waals surface area (Å²) in [5.41, 5.74) is 7.22. The average Bonchev–Trinajstić information content (AvgIpc) is 3.04. The minimum atomic E-state index is 0.279. The highest BCUT2D eigenvalue weighted by molar-refractivity contribution is 7.99. The van der Waals surface area contributed by atoms with E-state index in [1.54, 1.807) is 30.0 Å². The fraction of sp³-hybridized carbons (Fsp3) is 0.310. The maximum atomic E-state index is 10.1. The largest absolute Gasteiger partial charge is 0.508 e. The normalized spacial score (nSPS) is 17.1. The maximum absolute atomic E-state index is 10.1. The molecule has 0 bridgehead atoms. The molecule has 2 heterocycles. The highest BCUT2D eigenvalue weighted by atomic mass is 32.2. The van der Waals surface area contributed by atoms with Crippen LogP contribution in [0.25, 0.3) is 11.1 Å². The number of phenolic OH excluding ortho intramolecular Hbond substituents is 2. The first-order chi connectivity index (χ1) is 16.5. The van der Waals surface area contributed by atoms with Gasteiger partial charge in [-0.05, 0) is 90.6 Å². The highest BCUT2D eigenvalue weighted by Crippen LogP contribution is 2.44. The number of allylic oxidation sites excluding steroid dienone is 1. The van der Waals surface area contributed by atoms with Gasteiger partial charge >= 0.3 is 0 Å². The Morgan fingerprint density at radius 2 is 1.41 bits per heavy atom. The van der Waals surface area contributed by atoms with Crippen LogP contribution in [-0.4, -0.2) is 53.1 Å². The minimum Gasteiger partial charge on any atom is -0.508 e. The van der Waals surface area contributed by atoms with E-state index in [9.17, 15) is 10.2 Å². The van der Waals surface area contributed by atoms with Crippen molar-refractivity contribution < 1.29 is 10.2 Å². The fourth-order valence-electron chi connectivity index (χ4n) is 5.00. The second-order valence-electron chi connectivity index (χ2n) is 9.34. The minimum absolute atomic E-state index is 0.279. The van der Waals surface area contributed by atoms with Gasteiger partial charge in [-0.1, -0.05) is 24.3 Å². The molecular weight excluding hydrogens is 440 g/mol. The predicted octanol–water partition coefficient (Wildman–Crippen LogP) is 6.08. The van der Waals surface area contributed by atoms with Gasteiger partial charge < -0.3 is 15.1 Å². The lowest BCUT2D eigenvalue weighted by molar-refractivity contribution is 0.209. The number of fused-ring (bicyclic) bond motifs is 1. The Labute approximate surface area is 206 Å². The van der Waals surface area contributed by atoms with Gasteiger partial charge in [0.05, 0.1) is 0 Å². The molecule has 0 amide bonds. The molecule has 5 heteroatoms. The van der Waals surface area contributed by atoms with E-state index in [0.717, 1.165) is 54.4 Å². The van der Waals surface area contributed by atoms with E-state index >= 15 is 0 Å². The van der Waals surface area contributed by atoms with Gasteiger partial charge in [0.15, 0.2) is 0 Å². The van der Waals surface area contributed by atoms with Gasteiger partial charge in [0, 0.05) is 48.6 Å². The molecule has 5 rings (SSSR count). The van der Waals surface area contributed by atoms with Crippen LogP contribution < -0.4 is 4.90 Å². The molecule has 4 nitrogen and oxygen atoms in total. The SMILES string of the molecule is CC(C)N1CCN(c2ccc(C3=C(c4ccc(O)cc4)CCSc4cc(O)ccc43)cc2)CC1. The van der Waals surface area contributed by atoms with Crippen molar-refractivity contribution in [3.63, 3.8) is 0 Å². The van der Waals surface area contributed by atoms with Crippen LogP contribution in [0.1, 0.15) is 37.0 Å². The first-order valence-corrected chi connectivity index (χ1v) is 13.1. The van der Waals surface area contributed by atoms with Crippen LogP contribution in [0.3, 0.4) is 0 Å². The van der Waals surface area contributed by atoms with E-state index < -0.39 is 0 Å². The second kappa shape index (κ2) is 9.77. The van der Waals surface area contributed by atoms with Crippen LogP contribution >= 0.6 is 11.8 Å². The zero-order valence-electron chi connectivity index (χ0n) is 19.9. The Hall–Kier alpha value is -2.89.